The fraction of sp³-hybridized carbons (Fsp3) is 0.941. The molecule has 0 saturated carbocycles. The summed E-state index contributed by atoms with van der Waals surface area (Å²) in [5.74, 6) is -0.277. The van der Waals surface area contributed by atoms with Crippen LogP contribution >= 0.6 is 0 Å². The zero-order chi connectivity index (χ0) is 17.0. The van der Waals surface area contributed by atoms with Crippen molar-refractivity contribution in [3.05, 3.63) is 0 Å². The Bertz CT molecular complexity index is 362. The molecular formula is C17H34O4Si. The maximum absolute atomic E-state index is 11.1. The van der Waals surface area contributed by atoms with Crippen LogP contribution in [-0.2, 0) is 18.7 Å². The Kier molecular flexibility index (Phi) is 7.08. The fourth-order valence-electron chi connectivity index (χ4n) is 2.46. The Morgan fingerprint density at radius 3 is 2.45 bits per heavy atom. The second-order valence-electron chi connectivity index (χ2n) is 7.85. The zero-order valence-electron chi connectivity index (χ0n) is 15.4. The number of hydrogen-bond acceptors (Lipinski definition) is 4. The molecule has 0 spiro atoms. The van der Waals surface area contributed by atoms with Crippen molar-refractivity contribution in [2.24, 2.45) is 0 Å². The summed E-state index contributed by atoms with van der Waals surface area (Å²) in [7, 11) is -1.83. The molecule has 130 valence electrons. The highest BCUT2D eigenvalue weighted by Crippen LogP contribution is 2.39. The minimum absolute atomic E-state index is 0.0463. The van der Waals surface area contributed by atoms with Gasteiger partial charge in [-0.05, 0) is 31.0 Å². The number of hydrogen-bond donors (Lipinski definition) is 0. The Labute approximate surface area is 137 Å². The third-order valence-corrected chi connectivity index (χ3v) is 9.32. The molecule has 1 aliphatic heterocycles. The van der Waals surface area contributed by atoms with Crippen LogP contribution in [0.1, 0.15) is 66.7 Å². The Morgan fingerprint density at radius 1 is 1.32 bits per heavy atom. The van der Waals surface area contributed by atoms with Crippen LogP contribution in [0.2, 0.25) is 18.1 Å². The first-order valence-corrected chi connectivity index (χ1v) is 11.5. The van der Waals surface area contributed by atoms with Crippen LogP contribution in [-0.4, -0.2) is 32.8 Å². The van der Waals surface area contributed by atoms with Crippen LogP contribution in [0.3, 0.4) is 0 Å². The van der Waals surface area contributed by atoms with Crippen LogP contribution in [0.25, 0.3) is 0 Å². The van der Waals surface area contributed by atoms with Gasteiger partial charge in [0, 0.05) is 13.3 Å². The van der Waals surface area contributed by atoms with Gasteiger partial charge in [-0.15, -0.1) is 0 Å². The van der Waals surface area contributed by atoms with Crippen molar-refractivity contribution in [1.82, 2.24) is 0 Å². The van der Waals surface area contributed by atoms with E-state index in [9.17, 15) is 4.79 Å². The van der Waals surface area contributed by atoms with E-state index in [2.05, 4.69) is 40.8 Å². The van der Waals surface area contributed by atoms with Crippen molar-refractivity contribution >= 4 is 14.3 Å². The smallest absolute Gasteiger partial charge is 0.304 e. The molecular weight excluding hydrogens is 296 g/mol. The van der Waals surface area contributed by atoms with Gasteiger partial charge in [0.1, 0.15) is 0 Å². The Morgan fingerprint density at radius 2 is 1.95 bits per heavy atom. The first-order chi connectivity index (χ1) is 10.1. The predicted molar refractivity (Wildman–Crippen MR) is 91.3 cm³/mol. The standard InChI is InChI=1S/C17H34O4Si/c1-8-9-10-15(21-22(6,7)17(3,4)5)14-11-12-16(20-14)19-13(2)18/h14-16H,8-12H2,1-7H3/t14-,15-,16?/m0/s1. The molecule has 0 bridgehead atoms. The lowest BCUT2D eigenvalue weighted by Gasteiger charge is -2.40. The molecule has 1 saturated heterocycles. The van der Waals surface area contributed by atoms with Crippen LogP contribution in [0.4, 0.5) is 0 Å². The molecule has 1 rings (SSSR count). The number of carbonyl (C=O) groups excluding carboxylic acids is 1. The van der Waals surface area contributed by atoms with Crippen molar-refractivity contribution in [1.29, 1.82) is 0 Å². The number of rotatable bonds is 7. The first kappa shape index (κ1) is 19.7. The van der Waals surface area contributed by atoms with Gasteiger partial charge in [-0.1, -0.05) is 40.5 Å². The first-order valence-electron chi connectivity index (χ1n) is 8.57. The van der Waals surface area contributed by atoms with Crippen molar-refractivity contribution in [2.45, 2.75) is 103 Å². The molecule has 3 atom stereocenters. The molecule has 0 aliphatic carbocycles. The Hall–Kier alpha value is -0.393. The van der Waals surface area contributed by atoms with Gasteiger partial charge < -0.3 is 13.9 Å². The normalized spacial score (nSPS) is 24.3. The predicted octanol–water partition coefficient (Wildman–Crippen LogP) is 4.64. The maximum Gasteiger partial charge on any atom is 0.304 e. The molecule has 0 N–H and O–H groups in total. The minimum Gasteiger partial charge on any atom is -0.436 e. The molecule has 0 aromatic carbocycles. The van der Waals surface area contributed by atoms with Gasteiger partial charge in [0.05, 0.1) is 12.2 Å². The van der Waals surface area contributed by atoms with Gasteiger partial charge >= 0.3 is 5.97 Å². The van der Waals surface area contributed by atoms with Crippen molar-refractivity contribution in [3.63, 3.8) is 0 Å². The molecule has 1 unspecified atom stereocenters. The summed E-state index contributed by atoms with van der Waals surface area (Å²) in [5, 5.41) is 0.186. The van der Waals surface area contributed by atoms with E-state index in [-0.39, 0.29) is 23.2 Å². The summed E-state index contributed by atoms with van der Waals surface area (Å²) >= 11 is 0. The number of unbranched alkanes of at least 4 members (excludes halogenated alkanes) is 1. The molecule has 0 aromatic heterocycles. The summed E-state index contributed by atoms with van der Waals surface area (Å²) in [6.07, 6.45) is 4.74. The van der Waals surface area contributed by atoms with E-state index < -0.39 is 14.6 Å². The van der Waals surface area contributed by atoms with Crippen molar-refractivity contribution in [2.75, 3.05) is 0 Å². The van der Waals surface area contributed by atoms with Gasteiger partial charge in [0.15, 0.2) is 8.32 Å². The van der Waals surface area contributed by atoms with Crippen LogP contribution < -0.4 is 0 Å². The van der Waals surface area contributed by atoms with E-state index in [0.29, 0.717) is 0 Å². The molecule has 1 aliphatic rings. The van der Waals surface area contributed by atoms with Crippen LogP contribution in [0, 0.1) is 0 Å². The average Bonchev–Trinajstić information content (AvgIpc) is 2.80. The number of ether oxygens (including phenoxy) is 2. The minimum atomic E-state index is -1.83. The summed E-state index contributed by atoms with van der Waals surface area (Å²) in [6.45, 7) is 15.0. The largest absolute Gasteiger partial charge is 0.436 e. The molecule has 22 heavy (non-hydrogen) atoms. The average molecular weight is 331 g/mol. The molecule has 0 amide bonds. The SMILES string of the molecule is CCCC[C@H](O[Si](C)(C)C(C)(C)C)[C@@H]1CCC(OC(C)=O)O1. The van der Waals surface area contributed by atoms with Gasteiger partial charge in [-0.3, -0.25) is 4.79 Å². The van der Waals surface area contributed by atoms with E-state index in [1.54, 1.807) is 0 Å². The summed E-state index contributed by atoms with van der Waals surface area (Å²) in [6, 6.07) is 0. The lowest BCUT2D eigenvalue weighted by atomic mass is 10.1. The van der Waals surface area contributed by atoms with E-state index >= 15 is 0 Å². The third kappa shape index (κ3) is 5.67. The fourth-order valence-corrected chi connectivity index (χ4v) is 3.84. The van der Waals surface area contributed by atoms with Gasteiger partial charge in [-0.25, -0.2) is 0 Å². The maximum atomic E-state index is 11.1. The highest BCUT2D eigenvalue weighted by Gasteiger charge is 2.42. The van der Waals surface area contributed by atoms with E-state index in [4.69, 9.17) is 13.9 Å². The van der Waals surface area contributed by atoms with Gasteiger partial charge in [-0.2, -0.15) is 0 Å². The molecule has 0 radical (unpaired) electrons. The topological polar surface area (TPSA) is 44.8 Å². The van der Waals surface area contributed by atoms with Crippen LogP contribution in [0.15, 0.2) is 0 Å². The third-order valence-electron chi connectivity index (χ3n) is 4.82. The summed E-state index contributed by atoms with van der Waals surface area (Å²) in [4.78, 5) is 11.1. The lowest BCUT2D eigenvalue weighted by Crippen LogP contribution is -2.47. The molecule has 0 aromatic rings. The molecule has 1 heterocycles. The second kappa shape index (κ2) is 7.93. The second-order valence-corrected chi connectivity index (χ2v) is 12.6. The van der Waals surface area contributed by atoms with Crippen LogP contribution in [0.5, 0.6) is 0 Å². The highest BCUT2D eigenvalue weighted by molar-refractivity contribution is 6.74. The van der Waals surface area contributed by atoms with Crippen molar-refractivity contribution < 1.29 is 18.7 Å². The van der Waals surface area contributed by atoms with Gasteiger partial charge in [0.2, 0.25) is 6.29 Å². The van der Waals surface area contributed by atoms with E-state index in [0.717, 1.165) is 32.1 Å². The molecule has 5 heteroatoms. The Balaban J connectivity index is 2.71. The molecule has 1 fully saturated rings. The summed E-state index contributed by atoms with van der Waals surface area (Å²) in [5.41, 5.74) is 0. The highest BCUT2D eigenvalue weighted by atomic mass is 28.4. The monoisotopic (exact) mass is 330 g/mol. The van der Waals surface area contributed by atoms with E-state index in [1.165, 1.54) is 6.92 Å². The zero-order valence-corrected chi connectivity index (χ0v) is 16.4. The van der Waals surface area contributed by atoms with Crippen molar-refractivity contribution in [3.8, 4) is 0 Å². The molecule has 4 nitrogen and oxygen atoms in total. The summed E-state index contributed by atoms with van der Waals surface area (Å²) < 4.78 is 17.7. The number of carbonyl (C=O) groups is 1. The van der Waals surface area contributed by atoms with Gasteiger partial charge in [0.25, 0.3) is 0 Å². The lowest BCUT2D eigenvalue weighted by molar-refractivity contribution is -0.178. The quantitative estimate of drug-likeness (QED) is 0.504. The number of esters is 1. The van der Waals surface area contributed by atoms with E-state index in [1.807, 2.05) is 0 Å².